The van der Waals surface area contributed by atoms with E-state index in [0.29, 0.717) is 17.4 Å². The van der Waals surface area contributed by atoms with Crippen LogP contribution < -0.4 is 4.89 Å². The number of allylic oxidation sites excluding steroid dienone is 4. The molecule has 2 atom stereocenters. The van der Waals surface area contributed by atoms with Crippen molar-refractivity contribution < 1.29 is 42.1 Å². The van der Waals surface area contributed by atoms with Crippen molar-refractivity contribution in [3.63, 3.8) is 0 Å². The minimum atomic E-state index is -4.63. The first-order valence-corrected chi connectivity index (χ1v) is 27.5. The molecule has 0 amide bonds. The molecular weight excluding hydrogens is 798 g/mol. The van der Waals surface area contributed by atoms with Gasteiger partial charge in [0, 0.05) is 12.8 Å². The van der Waals surface area contributed by atoms with Crippen LogP contribution in [0.4, 0.5) is 0 Å². The molecule has 0 saturated heterocycles. The number of quaternary nitrogens is 1. The van der Waals surface area contributed by atoms with Crippen LogP contribution in [0, 0.1) is 0 Å². The third kappa shape index (κ3) is 48.0. The van der Waals surface area contributed by atoms with E-state index >= 15 is 0 Å². The van der Waals surface area contributed by atoms with E-state index in [1.807, 2.05) is 21.1 Å². The van der Waals surface area contributed by atoms with Crippen LogP contribution in [0.3, 0.4) is 0 Å². The predicted molar refractivity (Wildman–Crippen MR) is 259 cm³/mol. The Balaban J connectivity index is 4.26. The standard InChI is InChI=1S/C52H100NO8P/c1-6-8-10-12-14-16-18-20-22-24-26-28-30-32-34-36-38-40-42-44-51(54)58-48-50(49-60-62(56,57)59-47-46-53(3,4)5)61-52(55)45-43-41-39-37-35-33-31-29-27-25-23-21-19-17-15-13-11-9-7-2/h28-31,50H,6-27,32-49H2,1-5H3/b30-28-,31-29-. The molecule has 0 fully saturated rings. The minimum absolute atomic E-state index is 0.0322. The summed E-state index contributed by atoms with van der Waals surface area (Å²) in [4.78, 5) is 37.7. The number of phosphoric acid groups is 1. The maximum Gasteiger partial charge on any atom is 0.306 e. The number of hydrogen-bond donors (Lipinski definition) is 0. The van der Waals surface area contributed by atoms with Gasteiger partial charge < -0.3 is 27.9 Å². The van der Waals surface area contributed by atoms with Gasteiger partial charge in [0.1, 0.15) is 19.8 Å². The van der Waals surface area contributed by atoms with Crippen molar-refractivity contribution in [2.45, 2.75) is 251 Å². The van der Waals surface area contributed by atoms with Crippen LogP contribution in [0.1, 0.15) is 245 Å². The second-order valence-electron chi connectivity index (χ2n) is 18.9. The molecule has 0 saturated carbocycles. The lowest BCUT2D eigenvalue weighted by molar-refractivity contribution is -0.870. The first-order chi connectivity index (χ1) is 30.0. The molecule has 0 rings (SSSR count). The topological polar surface area (TPSA) is 111 Å². The molecule has 0 aliphatic rings. The lowest BCUT2D eigenvalue weighted by atomic mass is 10.1. The summed E-state index contributed by atoms with van der Waals surface area (Å²) in [5.74, 6) is -0.844. The van der Waals surface area contributed by atoms with Crippen molar-refractivity contribution in [1.82, 2.24) is 0 Å². The van der Waals surface area contributed by atoms with Gasteiger partial charge in [0.15, 0.2) is 6.10 Å². The fourth-order valence-electron chi connectivity index (χ4n) is 7.35. The van der Waals surface area contributed by atoms with E-state index in [1.54, 1.807) is 0 Å². The smallest absolute Gasteiger partial charge is 0.306 e. The molecule has 0 aromatic rings. The minimum Gasteiger partial charge on any atom is -0.756 e. The van der Waals surface area contributed by atoms with E-state index < -0.39 is 26.5 Å². The highest BCUT2D eigenvalue weighted by Gasteiger charge is 2.21. The van der Waals surface area contributed by atoms with E-state index in [4.69, 9.17) is 18.5 Å². The fourth-order valence-corrected chi connectivity index (χ4v) is 8.08. The molecule has 0 aliphatic carbocycles. The fraction of sp³-hybridized carbons (Fsp3) is 0.885. The van der Waals surface area contributed by atoms with Crippen LogP contribution in [0.25, 0.3) is 0 Å². The molecule has 0 aliphatic heterocycles. The summed E-state index contributed by atoms with van der Waals surface area (Å²) in [7, 11) is 1.16. The zero-order valence-corrected chi connectivity index (χ0v) is 42.2. The predicted octanol–water partition coefficient (Wildman–Crippen LogP) is 14.8. The highest BCUT2D eigenvalue weighted by Crippen LogP contribution is 2.38. The summed E-state index contributed by atoms with van der Waals surface area (Å²) in [6, 6.07) is 0. The first kappa shape index (κ1) is 60.5. The molecule has 0 aromatic heterocycles. The molecule has 9 nitrogen and oxygen atoms in total. The summed E-state index contributed by atoms with van der Waals surface area (Å²) in [6.07, 6.45) is 50.6. The number of rotatable bonds is 48. The van der Waals surface area contributed by atoms with Crippen LogP contribution in [0.15, 0.2) is 24.3 Å². The zero-order chi connectivity index (χ0) is 45.7. The first-order valence-electron chi connectivity index (χ1n) is 26.0. The van der Waals surface area contributed by atoms with Gasteiger partial charge in [-0.2, -0.15) is 0 Å². The van der Waals surface area contributed by atoms with Gasteiger partial charge in [-0.05, 0) is 64.2 Å². The number of unbranched alkanes of at least 4 members (excludes halogenated alkanes) is 30. The van der Waals surface area contributed by atoms with Crippen LogP contribution in [0.2, 0.25) is 0 Å². The summed E-state index contributed by atoms with van der Waals surface area (Å²) in [5, 5.41) is 0. The van der Waals surface area contributed by atoms with E-state index in [2.05, 4.69) is 38.2 Å². The lowest BCUT2D eigenvalue weighted by Crippen LogP contribution is -2.37. The Morgan fingerprint density at radius 2 is 0.823 bits per heavy atom. The number of carbonyl (C=O) groups excluding carboxylic acids is 2. The Morgan fingerprint density at radius 1 is 0.484 bits per heavy atom. The summed E-state index contributed by atoms with van der Waals surface area (Å²) in [5.41, 5.74) is 0. The van der Waals surface area contributed by atoms with Gasteiger partial charge in [0.25, 0.3) is 7.82 Å². The maximum absolute atomic E-state index is 12.7. The second kappa shape index (κ2) is 44.7. The average Bonchev–Trinajstić information content (AvgIpc) is 3.23. The SMILES string of the molecule is CCCCCCCCCCCC/C=C\CCCCCCCC(=O)OCC(COP(=O)([O-])OCC[N+](C)(C)C)OC(=O)CCCCCCC/C=C\CCCCCCCCCCCC. The van der Waals surface area contributed by atoms with Crippen molar-refractivity contribution in [3.05, 3.63) is 24.3 Å². The third-order valence-electron chi connectivity index (χ3n) is 11.4. The number of nitrogens with zero attached hydrogens (tertiary/aromatic N) is 1. The Hall–Kier alpha value is -1.51. The molecule has 0 spiro atoms. The lowest BCUT2D eigenvalue weighted by Gasteiger charge is -2.28. The molecule has 0 heterocycles. The zero-order valence-electron chi connectivity index (χ0n) is 41.3. The number of hydrogen-bond acceptors (Lipinski definition) is 8. The van der Waals surface area contributed by atoms with Crippen LogP contribution in [-0.2, 0) is 32.7 Å². The van der Waals surface area contributed by atoms with Crippen molar-refractivity contribution in [2.75, 3.05) is 47.5 Å². The Bertz CT molecular complexity index is 1110. The average molecular weight is 898 g/mol. The molecule has 0 aromatic carbocycles. The molecule has 10 heteroatoms. The molecular formula is C52H100NO8P. The normalized spacial score (nSPS) is 13.6. The summed E-state index contributed by atoms with van der Waals surface area (Å²) in [6.45, 7) is 4.25. The van der Waals surface area contributed by atoms with Gasteiger partial charge in [-0.15, -0.1) is 0 Å². The monoisotopic (exact) mass is 898 g/mol. The van der Waals surface area contributed by atoms with Crippen LogP contribution in [0.5, 0.6) is 0 Å². The number of ether oxygens (including phenoxy) is 2. The number of carbonyl (C=O) groups is 2. The Kier molecular flexibility index (Phi) is 43.6. The van der Waals surface area contributed by atoms with Gasteiger partial charge in [-0.3, -0.25) is 14.2 Å². The summed E-state index contributed by atoms with van der Waals surface area (Å²) < 4.78 is 34.0. The highest BCUT2D eigenvalue weighted by atomic mass is 31.2. The van der Waals surface area contributed by atoms with Crippen molar-refractivity contribution >= 4 is 19.8 Å². The van der Waals surface area contributed by atoms with Crippen LogP contribution in [-0.4, -0.2) is 70.0 Å². The Labute approximate surface area is 383 Å². The van der Waals surface area contributed by atoms with E-state index in [-0.39, 0.29) is 32.0 Å². The molecule has 0 bridgehead atoms. The number of phosphoric ester groups is 1. The second-order valence-corrected chi connectivity index (χ2v) is 20.3. The summed E-state index contributed by atoms with van der Waals surface area (Å²) >= 11 is 0. The van der Waals surface area contributed by atoms with Gasteiger partial charge >= 0.3 is 11.9 Å². The van der Waals surface area contributed by atoms with E-state index in [9.17, 15) is 19.0 Å². The van der Waals surface area contributed by atoms with Crippen molar-refractivity contribution in [3.8, 4) is 0 Å². The van der Waals surface area contributed by atoms with E-state index in [0.717, 1.165) is 70.6 Å². The van der Waals surface area contributed by atoms with Crippen molar-refractivity contribution in [2.24, 2.45) is 0 Å². The largest absolute Gasteiger partial charge is 0.756 e. The maximum atomic E-state index is 12.7. The number of likely N-dealkylation sites (N-methyl/N-ethyl adjacent to an activating group) is 1. The molecule has 2 unspecified atom stereocenters. The molecule has 0 N–H and O–H groups in total. The van der Waals surface area contributed by atoms with Gasteiger partial charge in [-0.25, -0.2) is 0 Å². The third-order valence-corrected chi connectivity index (χ3v) is 12.4. The molecule has 62 heavy (non-hydrogen) atoms. The quantitative estimate of drug-likeness (QED) is 0.0195. The van der Waals surface area contributed by atoms with E-state index in [1.165, 1.54) is 141 Å². The molecule has 366 valence electrons. The van der Waals surface area contributed by atoms with Gasteiger partial charge in [-0.1, -0.05) is 192 Å². The van der Waals surface area contributed by atoms with Gasteiger partial charge in [0.2, 0.25) is 0 Å². The molecule has 0 radical (unpaired) electrons. The van der Waals surface area contributed by atoms with Crippen LogP contribution >= 0.6 is 7.82 Å². The van der Waals surface area contributed by atoms with Crippen molar-refractivity contribution in [1.29, 1.82) is 0 Å². The number of esters is 2. The van der Waals surface area contributed by atoms with Gasteiger partial charge in [0.05, 0.1) is 27.7 Å². The Morgan fingerprint density at radius 3 is 1.19 bits per heavy atom. The highest BCUT2D eigenvalue weighted by molar-refractivity contribution is 7.45.